The first kappa shape index (κ1) is 11.4. The van der Waals surface area contributed by atoms with Crippen molar-refractivity contribution in [3.63, 3.8) is 0 Å². The quantitative estimate of drug-likeness (QED) is 0.745. The number of ether oxygens (including phenoxy) is 2. The number of fused-ring (bicyclic) bond motifs is 1. The molecule has 2 aliphatic heterocycles. The summed E-state index contributed by atoms with van der Waals surface area (Å²) in [6.45, 7) is 0. The molecule has 1 spiro atoms. The molecule has 2 N–H and O–H groups in total. The molecule has 2 heterocycles. The van der Waals surface area contributed by atoms with Gasteiger partial charge in [0, 0.05) is 6.42 Å². The standard InChI is InChI=1S/C12H18O5/c13-8-3-4-12-6-9(8)16-10(12)2-1-7(17-12)5-11(14)15/h7-10,13H,1-6H2,(H,14,15)/t7?,8-,9-,10?,12?/m1/s1. The second-order valence-electron chi connectivity index (χ2n) is 5.45. The maximum atomic E-state index is 10.7. The van der Waals surface area contributed by atoms with Crippen molar-refractivity contribution in [2.24, 2.45) is 0 Å². The number of rotatable bonds is 2. The summed E-state index contributed by atoms with van der Waals surface area (Å²) in [6, 6.07) is 0. The highest BCUT2D eigenvalue weighted by Gasteiger charge is 2.57. The van der Waals surface area contributed by atoms with E-state index in [0.29, 0.717) is 6.42 Å². The van der Waals surface area contributed by atoms with Gasteiger partial charge in [-0.05, 0) is 25.7 Å². The summed E-state index contributed by atoms with van der Waals surface area (Å²) in [5.41, 5.74) is -0.317. The number of hydrogen-bond acceptors (Lipinski definition) is 4. The average Bonchev–Trinajstić information content (AvgIpc) is 2.58. The lowest BCUT2D eigenvalue weighted by atomic mass is 9.77. The van der Waals surface area contributed by atoms with Crippen molar-refractivity contribution in [3.8, 4) is 0 Å². The first-order valence-corrected chi connectivity index (χ1v) is 6.32. The van der Waals surface area contributed by atoms with Crippen LogP contribution in [-0.2, 0) is 14.3 Å². The van der Waals surface area contributed by atoms with Gasteiger partial charge in [0.25, 0.3) is 0 Å². The lowest BCUT2D eigenvalue weighted by Crippen LogP contribution is -2.50. The Kier molecular flexibility index (Phi) is 2.65. The zero-order chi connectivity index (χ0) is 12.0. The number of aliphatic hydroxyl groups is 1. The predicted molar refractivity (Wildman–Crippen MR) is 57.6 cm³/mol. The van der Waals surface area contributed by atoms with E-state index in [2.05, 4.69) is 0 Å². The Labute approximate surface area is 99.7 Å². The van der Waals surface area contributed by atoms with Gasteiger partial charge in [-0.15, -0.1) is 0 Å². The van der Waals surface area contributed by atoms with E-state index >= 15 is 0 Å². The fourth-order valence-corrected chi connectivity index (χ4v) is 3.50. The fraction of sp³-hybridized carbons (Fsp3) is 0.917. The van der Waals surface area contributed by atoms with E-state index in [1.807, 2.05) is 0 Å². The molecule has 0 amide bonds. The number of aliphatic carboxylic acids is 1. The summed E-state index contributed by atoms with van der Waals surface area (Å²) in [6.07, 6.45) is 3.22. The van der Waals surface area contributed by atoms with Crippen LogP contribution in [0.2, 0.25) is 0 Å². The third-order valence-corrected chi connectivity index (χ3v) is 4.32. The molecule has 2 bridgehead atoms. The van der Waals surface area contributed by atoms with E-state index in [-0.39, 0.29) is 36.4 Å². The number of carboxylic acids is 1. The molecular weight excluding hydrogens is 224 g/mol. The third kappa shape index (κ3) is 1.86. The maximum absolute atomic E-state index is 10.7. The molecule has 5 heteroatoms. The van der Waals surface area contributed by atoms with Crippen LogP contribution in [0, 0.1) is 0 Å². The molecule has 3 rings (SSSR count). The third-order valence-electron chi connectivity index (χ3n) is 4.32. The van der Waals surface area contributed by atoms with Gasteiger partial charge in [0.05, 0.1) is 36.4 Å². The van der Waals surface area contributed by atoms with Crippen molar-refractivity contribution in [3.05, 3.63) is 0 Å². The van der Waals surface area contributed by atoms with Crippen molar-refractivity contribution in [1.29, 1.82) is 0 Å². The van der Waals surface area contributed by atoms with Crippen LogP contribution in [-0.4, -0.2) is 46.2 Å². The Morgan fingerprint density at radius 2 is 2.18 bits per heavy atom. The number of hydrogen-bond donors (Lipinski definition) is 2. The van der Waals surface area contributed by atoms with Gasteiger partial charge in [-0.2, -0.15) is 0 Å². The van der Waals surface area contributed by atoms with Crippen LogP contribution in [0.15, 0.2) is 0 Å². The molecule has 3 unspecified atom stereocenters. The Balaban J connectivity index is 1.73. The highest BCUT2D eigenvalue weighted by Crippen LogP contribution is 2.49. The van der Waals surface area contributed by atoms with E-state index in [1.165, 1.54) is 0 Å². The van der Waals surface area contributed by atoms with Gasteiger partial charge in [0.1, 0.15) is 0 Å². The van der Waals surface area contributed by atoms with Crippen LogP contribution >= 0.6 is 0 Å². The van der Waals surface area contributed by atoms with Gasteiger partial charge in [-0.1, -0.05) is 0 Å². The van der Waals surface area contributed by atoms with Gasteiger partial charge in [-0.3, -0.25) is 4.79 Å². The molecule has 1 saturated carbocycles. The first-order chi connectivity index (χ1) is 8.09. The molecule has 1 aliphatic carbocycles. The fourth-order valence-electron chi connectivity index (χ4n) is 3.50. The molecule has 0 radical (unpaired) electrons. The van der Waals surface area contributed by atoms with E-state index in [1.54, 1.807) is 0 Å². The van der Waals surface area contributed by atoms with E-state index < -0.39 is 5.97 Å². The molecule has 96 valence electrons. The zero-order valence-electron chi connectivity index (χ0n) is 9.67. The van der Waals surface area contributed by atoms with E-state index in [0.717, 1.165) is 25.7 Å². The largest absolute Gasteiger partial charge is 0.481 e. The van der Waals surface area contributed by atoms with Crippen molar-refractivity contribution in [2.45, 2.75) is 68.5 Å². The summed E-state index contributed by atoms with van der Waals surface area (Å²) < 4.78 is 11.8. The normalized spacial score (nSPS) is 48.8. The molecule has 0 aromatic rings. The average molecular weight is 242 g/mol. The summed E-state index contributed by atoms with van der Waals surface area (Å²) in [5, 5.41) is 18.6. The first-order valence-electron chi connectivity index (χ1n) is 6.32. The zero-order valence-corrected chi connectivity index (χ0v) is 9.67. The SMILES string of the molecule is O=C(O)CC1CCC2O[C@@H]3CC2(CC[C@H]3O)O1. The van der Waals surface area contributed by atoms with Crippen molar-refractivity contribution < 1.29 is 24.5 Å². The number of carbonyl (C=O) groups is 1. The summed E-state index contributed by atoms with van der Waals surface area (Å²) in [7, 11) is 0. The monoisotopic (exact) mass is 242 g/mol. The molecule has 3 aliphatic rings. The molecule has 3 fully saturated rings. The van der Waals surface area contributed by atoms with Crippen LogP contribution in [0.25, 0.3) is 0 Å². The number of aliphatic hydroxyl groups excluding tert-OH is 1. The van der Waals surface area contributed by atoms with Crippen LogP contribution in [0.5, 0.6) is 0 Å². The lowest BCUT2D eigenvalue weighted by Gasteiger charge is -2.43. The van der Waals surface area contributed by atoms with Crippen molar-refractivity contribution in [2.75, 3.05) is 0 Å². The van der Waals surface area contributed by atoms with Crippen LogP contribution in [0.3, 0.4) is 0 Å². The minimum atomic E-state index is -0.809. The Hall–Kier alpha value is -0.650. The Morgan fingerprint density at radius 3 is 2.94 bits per heavy atom. The topological polar surface area (TPSA) is 76.0 Å². The van der Waals surface area contributed by atoms with Crippen LogP contribution in [0.4, 0.5) is 0 Å². The second kappa shape index (κ2) is 3.93. The van der Waals surface area contributed by atoms with Crippen LogP contribution < -0.4 is 0 Å². The van der Waals surface area contributed by atoms with E-state index in [4.69, 9.17) is 14.6 Å². The molecule has 5 atom stereocenters. The molecule has 17 heavy (non-hydrogen) atoms. The highest BCUT2D eigenvalue weighted by molar-refractivity contribution is 5.67. The summed E-state index contributed by atoms with van der Waals surface area (Å²) in [4.78, 5) is 10.7. The minimum absolute atomic E-state index is 0.0506. The van der Waals surface area contributed by atoms with Gasteiger partial charge in [-0.25, -0.2) is 0 Å². The predicted octanol–water partition coefficient (Wildman–Crippen LogP) is 0.691. The summed E-state index contributed by atoms with van der Waals surface area (Å²) in [5.74, 6) is -0.809. The van der Waals surface area contributed by atoms with Gasteiger partial charge in [0.15, 0.2) is 0 Å². The lowest BCUT2D eigenvalue weighted by molar-refractivity contribution is -0.174. The second-order valence-corrected chi connectivity index (χ2v) is 5.45. The molecule has 0 aromatic carbocycles. The maximum Gasteiger partial charge on any atom is 0.305 e. The molecule has 5 nitrogen and oxygen atoms in total. The molecule has 0 aromatic heterocycles. The van der Waals surface area contributed by atoms with Gasteiger partial charge < -0.3 is 19.7 Å². The van der Waals surface area contributed by atoms with Crippen LogP contribution in [0.1, 0.15) is 38.5 Å². The summed E-state index contributed by atoms with van der Waals surface area (Å²) >= 11 is 0. The number of carboxylic acid groups (broad SMARTS) is 1. The minimum Gasteiger partial charge on any atom is -0.481 e. The van der Waals surface area contributed by atoms with E-state index in [9.17, 15) is 9.90 Å². The Morgan fingerprint density at radius 1 is 1.35 bits per heavy atom. The Bertz CT molecular complexity index is 331. The van der Waals surface area contributed by atoms with Crippen molar-refractivity contribution >= 4 is 5.97 Å². The molecular formula is C12H18O5. The highest BCUT2D eigenvalue weighted by atomic mass is 16.6. The van der Waals surface area contributed by atoms with Gasteiger partial charge >= 0.3 is 5.97 Å². The van der Waals surface area contributed by atoms with Crippen molar-refractivity contribution in [1.82, 2.24) is 0 Å². The smallest absolute Gasteiger partial charge is 0.305 e. The van der Waals surface area contributed by atoms with Gasteiger partial charge in [0.2, 0.25) is 0 Å². The molecule has 2 saturated heterocycles.